The van der Waals surface area contributed by atoms with Gasteiger partial charge in [0.1, 0.15) is 5.58 Å². The van der Waals surface area contributed by atoms with Gasteiger partial charge >= 0.3 is 11.6 Å². The lowest BCUT2D eigenvalue weighted by Crippen LogP contribution is -2.46. The van der Waals surface area contributed by atoms with Crippen molar-refractivity contribution in [2.24, 2.45) is 0 Å². The van der Waals surface area contributed by atoms with Crippen LogP contribution in [-0.4, -0.2) is 53.7 Å². The highest BCUT2D eigenvalue weighted by atomic mass is 35.5. The van der Waals surface area contributed by atoms with Gasteiger partial charge in [-0.2, -0.15) is 0 Å². The summed E-state index contributed by atoms with van der Waals surface area (Å²) in [5.41, 5.74) is 3.52. The first kappa shape index (κ1) is 22.5. The molecule has 0 radical (unpaired) electrons. The molecule has 1 aliphatic rings. The number of H-pyrrole nitrogens is 1. The van der Waals surface area contributed by atoms with Crippen LogP contribution in [0.4, 0.5) is 5.69 Å². The van der Waals surface area contributed by atoms with E-state index in [9.17, 15) is 14.7 Å². The van der Waals surface area contributed by atoms with Crippen molar-refractivity contribution in [3.8, 4) is 0 Å². The maximum absolute atomic E-state index is 12.0. The SMILES string of the molecule is O=C(O)c1ccc2[nH]cc(CCCCN3CCN(c4cc(=O)oc5cc(Cl)ccc45)CC3)c2c1. The maximum atomic E-state index is 12.0. The summed E-state index contributed by atoms with van der Waals surface area (Å²) in [4.78, 5) is 31.3. The summed E-state index contributed by atoms with van der Waals surface area (Å²) < 4.78 is 5.33. The van der Waals surface area contributed by atoms with Crippen LogP contribution >= 0.6 is 11.6 Å². The number of aromatic nitrogens is 1. The predicted octanol–water partition coefficient (Wildman–Crippen LogP) is 4.77. The molecule has 0 bridgehead atoms. The standard InChI is InChI=1S/C26H26ClN3O4/c27-19-5-6-20-23(15-25(31)34-24(20)14-19)30-11-9-29(10-12-30)8-2-1-3-18-16-28-22-7-4-17(26(32)33)13-21(18)22/h4-7,13-16,28H,1-3,8-12H2,(H,32,33). The third kappa shape index (κ3) is 4.67. The second-order valence-electron chi connectivity index (χ2n) is 8.76. The van der Waals surface area contributed by atoms with Gasteiger partial charge in [0.2, 0.25) is 0 Å². The molecule has 8 heteroatoms. The van der Waals surface area contributed by atoms with E-state index in [0.717, 1.165) is 79.5 Å². The van der Waals surface area contributed by atoms with Gasteiger partial charge < -0.3 is 19.4 Å². The van der Waals surface area contributed by atoms with E-state index in [1.54, 1.807) is 24.3 Å². The van der Waals surface area contributed by atoms with Crippen LogP contribution in [-0.2, 0) is 6.42 Å². The van der Waals surface area contributed by atoms with E-state index in [0.29, 0.717) is 16.2 Å². The summed E-state index contributed by atoms with van der Waals surface area (Å²) in [5, 5.41) is 11.7. The molecule has 0 saturated carbocycles. The van der Waals surface area contributed by atoms with Gasteiger partial charge in [-0.15, -0.1) is 0 Å². The number of halogens is 1. The highest BCUT2D eigenvalue weighted by Gasteiger charge is 2.20. The lowest BCUT2D eigenvalue weighted by atomic mass is 10.0. The maximum Gasteiger partial charge on any atom is 0.338 e. The molecule has 0 unspecified atom stereocenters. The van der Waals surface area contributed by atoms with Crippen molar-refractivity contribution in [3.05, 3.63) is 75.2 Å². The number of hydrogen-bond donors (Lipinski definition) is 2. The second-order valence-corrected chi connectivity index (χ2v) is 9.19. The molecule has 1 aliphatic heterocycles. The first-order valence-corrected chi connectivity index (χ1v) is 11.9. The second kappa shape index (κ2) is 9.52. The molecule has 0 spiro atoms. The van der Waals surface area contributed by atoms with Crippen LogP contribution in [0.15, 0.2) is 57.9 Å². The summed E-state index contributed by atoms with van der Waals surface area (Å²) >= 11 is 6.06. The molecule has 0 aliphatic carbocycles. The number of rotatable bonds is 7. The number of anilines is 1. The summed E-state index contributed by atoms with van der Waals surface area (Å²) in [6.45, 7) is 4.59. The molecule has 2 N–H and O–H groups in total. The van der Waals surface area contributed by atoms with E-state index in [1.165, 1.54) is 0 Å². The Kier molecular flexibility index (Phi) is 6.30. The highest BCUT2D eigenvalue weighted by molar-refractivity contribution is 6.31. The minimum atomic E-state index is -0.902. The molecule has 0 amide bonds. The van der Waals surface area contributed by atoms with Gasteiger partial charge in [-0.3, -0.25) is 4.90 Å². The molecule has 2 aromatic carbocycles. The molecule has 1 saturated heterocycles. The average molecular weight is 480 g/mol. The number of aromatic amines is 1. The largest absolute Gasteiger partial charge is 0.478 e. The van der Waals surface area contributed by atoms with E-state index < -0.39 is 5.97 Å². The van der Waals surface area contributed by atoms with Crippen molar-refractivity contribution >= 4 is 45.1 Å². The average Bonchev–Trinajstić information content (AvgIpc) is 3.23. The number of carboxylic acid groups (broad SMARTS) is 1. The van der Waals surface area contributed by atoms with E-state index in [4.69, 9.17) is 16.0 Å². The van der Waals surface area contributed by atoms with Crippen molar-refractivity contribution in [1.82, 2.24) is 9.88 Å². The molecule has 5 rings (SSSR count). The van der Waals surface area contributed by atoms with Crippen LogP contribution in [0, 0.1) is 0 Å². The quantitative estimate of drug-likeness (QED) is 0.293. The van der Waals surface area contributed by atoms with Gasteiger partial charge in [-0.1, -0.05) is 11.6 Å². The number of nitrogens with one attached hydrogen (secondary N) is 1. The summed E-state index contributed by atoms with van der Waals surface area (Å²) in [6.07, 6.45) is 5.01. The number of aromatic carboxylic acids is 1. The van der Waals surface area contributed by atoms with Gasteiger partial charge in [0.25, 0.3) is 0 Å². The van der Waals surface area contributed by atoms with Crippen molar-refractivity contribution in [3.63, 3.8) is 0 Å². The van der Waals surface area contributed by atoms with E-state index >= 15 is 0 Å². The fourth-order valence-corrected chi connectivity index (χ4v) is 4.92. The van der Waals surface area contributed by atoms with Gasteiger partial charge in [-0.25, -0.2) is 9.59 Å². The zero-order valence-corrected chi connectivity index (χ0v) is 19.5. The molecule has 34 heavy (non-hydrogen) atoms. The number of hydrogen-bond acceptors (Lipinski definition) is 5. The number of piperazine rings is 1. The minimum Gasteiger partial charge on any atom is -0.478 e. The number of fused-ring (bicyclic) bond motifs is 2. The molecule has 0 atom stereocenters. The number of benzene rings is 2. The smallest absolute Gasteiger partial charge is 0.338 e. The Morgan fingerprint density at radius 3 is 2.65 bits per heavy atom. The number of unbranched alkanes of at least 4 members (excludes halogenated alkanes) is 1. The van der Waals surface area contributed by atoms with Crippen LogP contribution < -0.4 is 10.5 Å². The molecule has 7 nitrogen and oxygen atoms in total. The lowest BCUT2D eigenvalue weighted by Gasteiger charge is -2.36. The fraction of sp³-hybridized carbons (Fsp3) is 0.308. The first-order chi connectivity index (χ1) is 16.5. The molecule has 4 aromatic rings. The molecular formula is C26H26ClN3O4. The molecule has 176 valence electrons. The fourth-order valence-electron chi connectivity index (χ4n) is 4.76. The normalized spacial score (nSPS) is 14.8. The topological polar surface area (TPSA) is 89.8 Å². The zero-order chi connectivity index (χ0) is 23.7. The van der Waals surface area contributed by atoms with E-state index in [-0.39, 0.29) is 5.63 Å². The van der Waals surface area contributed by atoms with E-state index in [1.807, 2.05) is 24.4 Å². The Bertz CT molecular complexity index is 1400. The third-order valence-corrected chi connectivity index (χ3v) is 6.82. The first-order valence-electron chi connectivity index (χ1n) is 11.5. The monoisotopic (exact) mass is 479 g/mol. The van der Waals surface area contributed by atoms with Crippen molar-refractivity contribution in [1.29, 1.82) is 0 Å². The number of aryl methyl sites for hydroxylation is 1. The zero-order valence-electron chi connectivity index (χ0n) is 18.7. The molecule has 2 aromatic heterocycles. The number of carbonyl (C=O) groups is 1. The van der Waals surface area contributed by atoms with Crippen LogP contribution in [0.5, 0.6) is 0 Å². The summed E-state index contributed by atoms with van der Waals surface area (Å²) in [5.74, 6) is -0.902. The number of carboxylic acids is 1. The van der Waals surface area contributed by atoms with E-state index in [2.05, 4.69) is 14.8 Å². The minimum absolute atomic E-state index is 0.318. The molecule has 1 fully saturated rings. The highest BCUT2D eigenvalue weighted by Crippen LogP contribution is 2.28. The van der Waals surface area contributed by atoms with Gasteiger partial charge in [0.15, 0.2) is 0 Å². The third-order valence-electron chi connectivity index (χ3n) is 6.58. The number of nitrogens with zero attached hydrogens (tertiary/aromatic N) is 2. The van der Waals surface area contributed by atoms with Crippen molar-refractivity contribution in [2.75, 3.05) is 37.6 Å². The van der Waals surface area contributed by atoms with Gasteiger partial charge in [-0.05, 0) is 61.7 Å². The Hall–Kier alpha value is -3.29. The lowest BCUT2D eigenvalue weighted by molar-refractivity contribution is 0.0697. The Morgan fingerprint density at radius 1 is 1.03 bits per heavy atom. The van der Waals surface area contributed by atoms with Crippen molar-refractivity contribution in [2.45, 2.75) is 19.3 Å². The van der Waals surface area contributed by atoms with Crippen molar-refractivity contribution < 1.29 is 14.3 Å². The summed E-state index contributed by atoms with van der Waals surface area (Å²) in [6, 6.07) is 12.2. The predicted molar refractivity (Wildman–Crippen MR) is 134 cm³/mol. The Labute approximate surface area is 201 Å². The van der Waals surface area contributed by atoms with Gasteiger partial charge in [0, 0.05) is 65.8 Å². The van der Waals surface area contributed by atoms with Crippen LogP contribution in [0.3, 0.4) is 0 Å². The molecule has 3 heterocycles. The van der Waals surface area contributed by atoms with Crippen LogP contribution in [0.2, 0.25) is 5.02 Å². The molecular weight excluding hydrogens is 454 g/mol. The Balaban J connectivity index is 1.15. The summed E-state index contributed by atoms with van der Waals surface area (Å²) in [7, 11) is 0. The van der Waals surface area contributed by atoms with Crippen LogP contribution in [0.25, 0.3) is 21.9 Å². The van der Waals surface area contributed by atoms with Crippen LogP contribution in [0.1, 0.15) is 28.8 Å². The van der Waals surface area contributed by atoms with Gasteiger partial charge in [0.05, 0.1) is 11.3 Å². The Morgan fingerprint density at radius 2 is 1.85 bits per heavy atom.